The van der Waals surface area contributed by atoms with E-state index in [4.69, 9.17) is 5.73 Å². The number of aryl methyl sites for hydroxylation is 1. The van der Waals surface area contributed by atoms with Gasteiger partial charge in [-0.3, -0.25) is 0 Å². The maximum atomic E-state index is 12.7. The summed E-state index contributed by atoms with van der Waals surface area (Å²) in [7, 11) is 0. The predicted molar refractivity (Wildman–Crippen MR) is 71.0 cm³/mol. The van der Waals surface area contributed by atoms with E-state index in [0.29, 0.717) is 16.3 Å². The Morgan fingerprint density at radius 1 is 1.32 bits per heavy atom. The summed E-state index contributed by atoms with van der Waals surface area (Å²) in [6.07, 6.45) is -2.64. The zero-order valence-corrected chi connectivity index (χ0v) is 11.1. The quantitative estimate of drug-likeness (QED) is 0.910. The molecule has 1 aromatic heterocycles. The molecule has 1 heterocycles. The highest BCUT2D eigenvalue weighted by atomic mass is 32.1. The van der Waals surface area contributed by atoms with Crippen molar-refractivity contribution < 1.29 is 13.2 Å². The lowest BCUT2D eigenvalue weighted by Crippen LogP contribution is -2.04. The molecule has 0 amide bonds. The molecule has 0 aliphatic rings. The molecule has 0 aliphatic heterocycles. The fourth-order valence-electron chi connectivity index (χ4n) is 1.75. The third kappa shape index (κ3) is 3.07. The van der Waals surface area contributed by atoms with Crippen LogP contribution in [-0.4, -0.2) is 4.98 Å². The molecule has 0 fully saturated rings. The van der Waals surface area contributed by atoms with E-state index in [0.717, 1.165) is 30.0 Å². The van der Waals surface area contributed by atoms with Crippen molar-refractivity contribution >= 4 is 16.3 Å². The molecular formula is C13H13F3N2S. The predicted octanol–water partition coefficient (Wildman–Crippen LogP) is 4.36. The molecule has 0 unspecified atom stereocenters. The number of alkyl halides is 3. The number of aromatic nitrogens is 1. The van der Waals surface area contributed by atoms with Crippen LogP contribution < -0.4 is 5.73 Å². The largest absolute Gasteiger partial charge is 0.416 e. The van der Waals surface area contributed by atoms with Gasteiger partial charge < -0.3 is 5.73 Å². The summed E-state index contributed by atoms with van der Waals surface area (Å²) in [6.45, 7) is 2.02. The molecule has 2 aromatic rings. The van der Waals surface area contributed by atoms with Gasteiger partial charge in [0.1, 0.15) is 10.7 Å². The lowest BCUT2D eigenvalue weighted by atomic mass is 10.1. The average molecular weight is 286 g/mol. The van der Waals surface area contributed by atoms with Crippen molar-refractivity contribution in [1.82, 2.24) is 4.98 Å². The van der Waals surface area contributed by atoms with Crippen LogP contribution in [0.2, 0.25) is 0 Å². The summed E-state index contributed by atoms with van der Waals surface area (Å²) in [5.74, 6) is 0. The average Bonchev–Trinajstić information content (AvgIpc) is 2.70. The minimum atomic E-state index is -4.35. The van der Waals surface area contributed by atoms with E-state index < -0.39 is 11.7 Å². The first kappa shape index (κ1) is 13.9. The van der Waals surface area contributed by atoms with Crippen molar-refractivity contribution in [3.05, 3.63) is 34.8 Å². The van der Waals surface area contributed by atoms with Gasteiger partial charge in [0.25, 0.3) is 0 Å². The number of halogens is 3. The fraction of sp³-hybridized carbons (Fsp3) is 0.308. The van der Waals surface area contributed by atoms with Crippen LogP contribution in [0.1, 0.15) is 23.9 Å². The second-order valence-electron chi connectivity index (χ2n) is 4.15. The zero-order valence-electron chi connectivity index (χ0n) is 10.3. The topological polar surface area (TPSA) is 38.9 Å². The molecule has 2 rings (SSSR count). The number of anilines is 1. The van der Waals surface area contributed by atoms with Crippen LogP contribution in [-0.2, 0) is 12.6 Å². The van der Waals surface area contributed by atoms with Gasteiger partial charge in [0, 0.05) is 5.56 Å². The highest BCUT2D eigenvalue weighted by Crippen LogP contribution is 2.35. The van der Waals surface area contributed by atoms with Gasteiger partial charge in [-0.05, 0) is 25.0 Å². The molecule has 0 atom stereocenters. The Hall–Kier alpha value is -1.56. The number of rotatable bonds is 3. The van der Waals surface area contributed by atoms with E-state index >= 15 is 0 Å². The van der Waals surface area contributed by atoms with Crippen LogP contribution in [0.3, 0.4) is 0 Å². The molecule has 0 saturated carbocycles. The first-order valence-electron chi connectivity index (χ1n) is 5.84. The maximum Gasteiger partial charge on any atom is 0.416 e. The molecule has 102 valence electrons. The van der Waals surface area contributed by atoms with E-state index in [1.807, 2.05) is 6.92 Å². The van der Waals surface area contributed by atoms with Crippen molar-refractivity contribution in [2.45, 2.75) is 25.9 Å². The van der Waals surface area contributed by atoms with Crippen LogP contribution in [0.4, 0.5) is 18.2 Å². The van der Waals surface area contributed by atoms with E-state index in [9.17, 15) is 13.2 Å². The van der Waals surface area contributed by atoms with Gasteiger partial charge in [-0.1, -0.05) is 19.1 Å². The van der Waals surface area contributed by atoms with Crippen LogP contribution in [0, 0.1) is 0 Å². The summed E-state index contributed by atoms with van der Waals surface area (Å²) < 4.78 is 38.0. The monoisotopic (exact) mass is 286 g/mol. The minimum absolute atomic E-state index is 0.408. The normalized spacial score (nSPS) is 11.8. The molecule has 19 heavy (non-hydrogen) atoms. The van der Waals surface area contributed by atoms with E-state index in [-0.39, 0.29) is 0 Å². The summed E-state index contributed by atoms with van der Waals surface area (Å²) >= 11 is 1.33. The number of hydrogen-bond donors (Lipinski definition) is 1. The fourth-order valence-corrected chi connectivity index (χ4v) is 2.71. The van der Waals surface area contributed by atoms with E-state index in [1.165, 1.54) is 17.4 Å². The molecule has 0 bridgehead atoms. The van der Waals surface area contributed by atoms with Crippen molar-refractivity contribution in [1.29, 1.82) is 0 Å². The zero-order chi connectivity index (χ0) is 14.0. The summed E-state index contributed by atoms with van der Waals surface area (Å²) in [6, 6.07) is 5.09. The van der Waals surface area contributed by atoms with Crippen LogP contribution in [0.5, 0.6) is 0 Å². The Labute approximate surface area is 113 Å². The smallest absolute Gasteiger partial charge is 0.389 e. The molecule has 2 N–H and O–H groups in total. The molecule has 0 saturated heterocycles. The Balaban J connectivity index is 2.42. The van der Waals surface area contributed by atoms with Gasteiger partial charge >= 0.3 is 6.18 Å². The number of nitrogen functional groups attached to an aromatic ring is 1. The first-order chi connectivity index (χ1) is 8.91. The number of thiazole rings is 1. The maximum absolute atomic E-state index is 12.7. The molecular weight excluding hydrogens is 273 g/mol. The van der Waals surface area contributed by atoms with E-state index in [2.05, 4.69) is 4.98 Å². The number of nitrogens with two attached hydrogens (primary N) is 1. The minimum Gasteiger partial charge on any atom is -0.389 e. The molecule has 0 radical (unpaired) electrons. The molecule has 0 aliphatic carbocycles. The lowest BCUT2D eigenvalue weighted by Gasteiger charge is -2.07. The molecule has 6 heteroatoms. The van der Waals surface area contributed by atoms with Crippen molar-refractivity contribution in [2.75, 3.05) is 5.73 Å². The SMILES string of the molecule is CCCc1nc(-c2cccc(C(F)(F)F)c2)c(N)s1. The Morgan fingerprint density at radius 2 is 2.05 bits per heavy atom. The number of hydrogen-bond acceptors (Lipinski definition) is 3. The summed E-state index contributed by atoms with van der Waals surface area (Å²) in [5, 5.41) is 1.31. The van der Waals surface area contributed by atoms with Gasteiger partial charge in [-0.15, -0.1) is 11.3 Å². The first-order valence-corrected chi connectivity index (χ1v) is 6.66. The standard InChI is InChI=1S/C13H13F3N2S/c1-2-4-10-18-11(12(17)19-10)8-5-3-6-9(7-8)13(14,15)16/h3,5-7H,2,4,17H2,1H3. The number of benzene rings is 1. The second kappa shape index (κ2) is 5.21. The van der Waals surface area contributed by atoms with Crippen LogP contribution in [0.25, 0.3) is 11.3 Å². The van der Waals surface area contributed by atoms with Crippen LogP contribution in [0.15, 0.2) is 24.3 Å². The van der Waals surface area contributed by atoms with Gasteiger partial charge in [-0.25, -0.2) is 4.98 Å². The third-order valence-electron chi connectivity index (χ3n) is 2.62. The second-order valence-corrected chi connectivity index (χ2v) is 5.26. The summed E-state index contributed by atoms with van der Waals surface area (Å²) in [5.41, 5.74) is 6.00. The van der Waals surface area contributed by atoms with Crippen molar-refractivity contribution in [3.63, 3.8) is 0 Å². The van der Waals surface area contributed by atoms with Crippen molar-refractivity contribution in [3.8, 4) is 11.3 Å². The number of nitrogens with zero attached hydrogens (tertiary/aromatic N) is 1. The highest BCUT2D eigenvalue weighted by molar-refractivity contribution is 7.16. The Kier molecular flexibility index (Phi) is 3.80. The van der Waals surface area contributed by atoms with E-state index in [1.54, 1.807) is 6.07 Å². The molecule has 1 aromatic carbocycles. The lowest BCUT2D eigenvalue weighted by molar-refractivity contribution is -0.137. The third-order valence-corrected chi connectivity index (χ3v) is 3.57. The van der Waals surface area contributed by atoms with Gasteiger partial charge in [0.2, 0.25) is 0 Å². The Morgan fingerprint density at radius 3 is 2.68 bits per heavy atom. The summed E-state index contributed by atoms with van der Waals surface area (Å²) in [4.78, 5) is 4.32. The Bertz CT molecular complexity index is 576. The molecule has 2 nitrogen and oxygen atoms in total. The van der Waals surface area contributed by atoms with Crippen LogP contribution >= 0.6 is 11.3 Å². The van der Waals surface area contributed by atoms with Crippen molar-refractivity contribution in [2.24, 2.45) is 0 Å². The van der Waals surface area contributed by atoms with Gasteiger partial charge in [0.05, 0.1) is 10.6 Å². The molecule has 0 spiro atoms. The van der Waals surface area contributed by atoms with Gasteiger partial charge in [0.15, 0.2) is 0 Å². The van der Waals surface area contributed by atoms with Gasteiger partial charge in [-0.2, -0.15) is 13.2 Å². The highest BCUT2D eigenvalue weighted by Gasteiger charge is 2.30.